The predicted octanol–water partition coefficient (Wildman–Crippen LogP) is 1.26. The Morgan fingerprint density at radius 1 is 1.20 bits per heavy atom. The molecule has 0 saturated heterocycles. The summed E-state index contributed by atoms with van der Waals surface area (Å²) in [6.07, 6.45) is 5.25. The van der Waals surface area contributed by atoms with Gasteiger partial charge in [-0.3, -0.25) is 0 Å². The van der Waals surface area contributed by atoms with E-state index in [9.17, 15) is 4.79 Å². The number of rotatable bonds is 4. The standard InChI is InChI=1S/C8H11O2/c9-5-10-8(6-1-2-6)7-3-4-7/h6-8H,1-4H2. The summed E-state index contributed by atoms with van der Waals surface area (Å²) >= 11 is 0. The number of ether oxygens (including phenoxy) is 1. The molecule has 0 aromatic carbocycles. The number of hydrogen-bond donors (Lipinski definition) is 0. The van der Waals surface area contributed by atoms with Gasteiger partial charge in [-0.1, -0.05) is 0 Å². The van der Waals surface area contributed by atoms with Crippen molar-refractivity contribution < 1.29 is 9.53 Å². The predicted molar refractivity (Wildman–Crippen MR) is 36.0 cm³/mol. The third kappa shape index (κ3) is 1.15. The summed E-state index contributed by atoms with van der Waals surface area (Å²) in [5.41, 5.74) is 0. The van der Waals surface area contributed by atoms with Gasteiger partial charge in [0.1, 0.15) is 6.10 Å². The molecule has 2 saturated carbocycles. The van der Waals surface area contributed by atoms with E-state index in [1.807, 2.05) is 0 Å². The highest BCUT2D eigenvalue weighted by Gasteiger charge is 2.43. The number of carbonyl (C=O) groups excluding carboxylic acids is 1. The second-order valence-corrected chi connectivity index (χ2v) is 3.34. The third-order valence-corrected chi connectivity index (χ3v) is 2.36. The summed E-state index contributed by atoms with van der Waals surface area (Å²) in [6, 6.07) is 0. The van der Waals surface area contributed by atoms with Crippen LogP contribution in [0.3, 0.4) is 0 Å². The lowest BCUT2D eigenvalue weighted by molar-refractivity contribution is 0.133. The largest absolute Gasteiger partial charge is 0.453 e. The van der Waals surface area contributed by atoms with Gasteiger partial charge in [0.15, 0.2) is 0 Å². The Morgan fingerprint density at radius 3 is 2.00 bits per heavy atom. The minimum atomic E-state index is 0.234. The van der Waals surface area contributed by atoms with Gasteiger partial charge in [0.2, 0.25) is 0 Å². The van der Waals surface area contributed by atoms with Crippen LogP contribution in [0.1, 0.15) is 25.7 Å². The van der Waals surface area contributed by atoms with Crippen LogP contribution < -0.4 is 0 Å². The SMILES string of the molecule is O=[C]OC(C1CC1)C1CC1. The minimum absolute atomic E-state index is 0.234. The maximum atomic E-state index is 9.93. The van der Waals surface area contributed by atoms with Crippen LogP contribution in [-0.4, -0.2) is 12.6 Å². The lowest BCUT2D eigenvalue weighted by Crippen LogP contribution is -2.16. The first kappa shape index (κ1) is 6.20. The lowest BCUT2D eigenvalue weighted by atomic mass is 10.1. The Morgan fingerprint density at radius 2 is 1.70 bits per heavy atom. The molecule has 0 atom stereocenters. The third-order valence-electron chi connectivity index (χ3n) is 2.36. The lowest BCUT2D eigenvalue weighted by Gasteiger charge is -2.10. The maximum absolute atomic E-state index is 9.93. The molecular weight excluding hydrogens is 128 g/mol. The quantitative estimate of drug-likeness (QED) is 0.586. The van der Waals surface area contributed by atoms with E-state index >= 15 is 0 Å². The van der Waals surface area contributed by atoms with Crippen molar-refractivity contribution in [2.24, 2.45) is 11.8 Å². The topological polar surface area (TPSA) is 26.3 Å². The Balaban J connectivity index is 1.85. The van der Waals surface area contributed by atoms with E-state index in [2.05, 4.69) is 0 Å². The van der Waals surface area contributed by atoms with Crippen LogP contribution in [0.25, 0.3) is 0 Å². The highest BCUT2D eigenvalue weighted by atomic mass is 16.5. The Labute approximate surface area is 60.6 Å². The molecule has 55 valence electrons. The van der Waals surface area contributed by atoms with E-state index < -0.39 is 0 Å². The Hall–Kier alpha value is -0.530. The van der Waals surface area contributed by atoms with Crippen molar-refractivity contribution in [1.29, 1.82) is 0 Å². The molecule has 0 heterocycles. The van der Waals surface area contributed by atoms with E-state index in [1.54, 1.807) is 6.47 Å². The van der Waals surface area contributed by atoms with Crippen LogP contribution in [0, 0.1) is 11.8 Å². The molecule has 2 heteroatoms. The van der Waals surface area contributed by atoms with E-state index in [1.165, 1.54) is 25.7 Å². The van der Waals surface area contributed by atoms with Crippen LogP contribution in [0.4, 0.5) is 0 Å². The smallest absolute Gasteiger partial charge is 0.417 e. The first-order valence-electron chi connectivity index (χ1n) is 3.94. The van der Waals surface area contributed by atoms with Crippen LogP contribution >= 0.6 is 0 Å². The zero-order chi connectivity index (χ0) is 6.97. The van der Waals surface area contributed by atoms with Crippen molar-refractivity contribution in [2.75, 3.05) is 0 Å². The monoisotopic (exact) mass is 139 g/mol. The molecule has 0 aliphatic heterocycles. The van der Waals surface area contributed by atoms with Gasteiger partial charge in [-0.25, -0.2) is 4.79 Å². The van der Waals surface area contributed by atoms with E-state index in [4.69, 9.17) is 4.74 Å². The summed E-state index contributed by atoms with van der Waals surface area (Å²) in [4.78, 5) is 9.93. The highest BCUT2D eigenvalue weighted by Crippen LogP contribution is 2.45. The summed E-state index contributed by atoms with van der Waals surface area (Å²) in [6.45, 7) is 1.56. The summed E-state index contributed by atoms with van der Waals surface area (Å²) in [5, 5.41) is 0. The molecule has 0 N–H and O–H groups in total. The molecular formula is C8H11O2. The van der Waals surface area contributed by atoms with Gasteiger partial charge in [-0.15, -0.1) is 0 Å². The van der Waals surface area contributed by atoms with E-state index in [0.717, 1.165) is 0 Å². The second-order valence-electron chi connectivity index (χ2n) is 3.34. The molecule has 0 unspecified atom stereocenters. The molecule has 0 aromatic rings. The average Bonchev–Trinajstić information content (AvgIpc) is 2.77. The van der Waals surface area contributed by atoms with Gasteiger partial charge in [-0.05, 0) is 37.5 Å². The normalized spacial score (nSPS) is 24.9. The van der Waals surface area contributed by atoms with Crippen molar-refractivity contribution in [3.63, 3.8) is 0 Å². The van der Waals surface area contributed by atoms with Crippen molar-refractivity contribution in [1.82, 2.24) is 0 Å². The molecule has 2 rings (SSSR count). The van der Waals surface area contributed by atoms with E-state index in [-0.39, 0.29) is 6.10 Å². The maximum Gasteiger partial charge on any atom is 0.417 e. The Kier molecular flexibility index (Phi) is 1.40. The van der Waals surface area contributed by atoms with Gasteiger partial charge >= 0.3 is 6.47 Å². The molecule has 0 aromatic heterocycles. The summed E-state index contributed by atoms with van der Waals surface area (Å²) in [7, 11) is 0. The Bertz CT molecular complexity index is 124. The van der Waals surface area contributed by atoms with Crippen LogP contribution in [0.2, 0.25) is 0 Å². The van der Waals surface area contributed by atoms with Crippen LogP contribution in [-0.2, 0) is 9.53 Å². The number of hydrogen-bond acceptors (Lipinski definition) is 2. The van der Waals surface area contributed by atoms with Gasteiger partial charge in [0.25, 0.3) is 0 Å². The molecule has 0 spiro atoms. The molecule has 0 bridgehead atoms. The molecule has 2 aliphatic carbocycles. The first-order valence-corrected chi connectivity index (χ1v) is 3.94. The molecule has 0 amide bonds. The summed E-state index contributed by atoms with van der Waals surface area (Å²) < 4.78 is 4.88. The zero-order valence-electron chi connectivity index (χ0n) is 5.88. The van der Waals surface area contributed by atoms with Crippen molar-refractivity contribution >= 4 is 6.47 Å². The molecule has 10 heavy (non-hydrogen) atoms. The van der Waals surface area contributed by atoms with Crippen molar-refractivity contribution in [2.45, 2.75) is 31.8 Å². The van der Waals surface area contributed by atoms with Crippen molar-refractivity contribution in [3.8, 4) is 0 Å². The van der Waals surface area contributed by atoms with Gasteiger partial charge < -0.3 is 4.74 Å². The van der Waals surface area contributed by atoms with Crippen LogP contribution in [0.5, 0.6) is 0 Å². The first-order chi connectivity index (χ1) is 4.92. The van der Waals surface area contributed by atoms with Gasteiger partial charge in [0, 0.05) is 0 Å². The molecule has 1 radical (unpaired) electrons. The fraction of sp³-hybridized carbons (Fsp3) is 0.875. The van der Waals surface area contributed by atoms with E-state index in [0.29, 0.717) is 11.8 Å². The van der Waals surface area contributed by atoms with Crippen molar-refractivity contribution in [3.05, 3.63) is 0 Å². The van der Waals surface area contributed by atoms with Gasteiger partial charge in [-0.2, -0.15) is 0 Å². The minimum Gasteiger partial charge on any atom is -0.453 e. The fourth-order valence-electron chi connectivity index (χ4n) is 1.48. The molecule has 2 fully saturated rings. The molecule has 2 aliphatic rings. The second kappa shape index (κ2) is 2.26. The highest BCUT2D eigenvalue weighted by molar-refractivity contribution is 5.39. The van der Waals surface area contributed by atoms with Gasteiger partial charge in [0.05, 0.1) is 0 Å². The average molecular weight is 139 g/mol. The molecule has 2 nitrogen and oxygen atoms in total. The zero-order valence-corrected chi connectivity index (χ0v) is 5.88. The van der Waals surface area contributed by atoms with Crippen LogP contribution in [0.15, 0.2) is 0 Å². The summed E-state index contributed by atoms with van der Waals surface area (Å²) in [5.74, 6) is 1.38. The fourth-order valence-corrected chi connectivity index (χ4v) is 1.48.